The number of hydrogen-bond acceptors (Lipinski definition) is 4. The largest absolute Gasteiger partial charge is 0.465 e. The second-order valence-corrected chi connectivity index (χ2v) is 6.06. The van der Waals surface area contributed by atoms with Crippen molar-refractivity contribution in [2.45, 2.75) is 45.1 Å². The lowest BCUT2D eigenvalue weighted by Crippen LogP contribution is -2.48. The van der Waals surface area contributed by atoms with Crippen molar-refractivity contribution in [2.75, 3.05) is 25.0 Å². The van der Waals surface area contributed by atoms with Gasteiger partial charge in [0.1, 0.15) is 5.82 Å². The Labute approximate surface area is 136 Å². The summed E-state index contributed by atoms with van der Waals surface area (Å²) in [5, 5.41) is 9.40. The Kier molecular flexibility index (Phi) is 5.83. The number of anilines is 1. The van der Waals surface area contributed by atoms with Crippen molar-refractivity contribution in [3.05, 3.63) is 17.0 Å². The molecule has 1 aromatic heterocycles. The number of carboxylic acid groups (broad SMARTS) is 1. The van der Waals surface area contributed by atoms with Gasteiger partial charge in [0.05, 0.1) is 6.04 Å². The van der Waals surface area contributed by atoms with Gasteiger partial charge >= 0.3 is 6.09 Å². The monoisotopic (exact) mass is 326 g/mol. The standard InChI is InChI=1S/C15H23ClN4O2/c1-3-4-6-11-9-13(18-14(16)17-11)20-8-5-7-12(10-20)19(2)15(21)22/h9,12H,3-8,10H2,1-2H3,(H,21,22)/t12-/m1/s1. The van der Waals surface area contributed by atoms with Crippen molar-refractivity contribution in [3.8, 4) is 0 Å². The number of rotatable bonds is 5. The van der Waals surface area contributed by atoms with E-state index in [0.717, 1.165) is 50.2 Å². The molecule has 2 heterocycles. The van der Waals surface area contributed by atoms with Crippen LogP contribution in [-0.4, -0.2) is 52.2 Å². The molecule has 0 aliphatic carbocycles. The van der Waals surface area contributed by atoms with Crippen LogP contribution in [0, 0.1) is 0 Å². The van der Waals surface area contributed by atoms with E-state index in [0.29, 0.717) is 6.54 Å². The maximum Gasteiger partial charge on any atom is 0.407 e. The molecule has 0 radical (unpaired) electrons. The number of halogens is 1. The number of hydrogen-bond donors (Lipinski definition) is 1. The first kappa shape index (κ1) is 16.8. The first-order valence-electron chi connectivity index (χ1n) is 7.75. The highest BCUT2D eigenvalue weighted by molar-refractivity contribution is 6.28. The zero-order valence-corrected chi connectivity index (χ0v) is 13.9. The number of aromatic nitrogens is 2. The van der Waals surface area contributed by atoms with Crippen molar-refractivity contribution in [1.82, 2.24) is 14.9 Å². The molecular weight excluding hydrogens is 304 g/mol. The molecule has 1 amide bonds. The highest BCUT2D eigenvalue weighted by Gasteiger charge is 2.26. The fourth-order valence-electron chi connectivity index (χ4n) is 2.73. The third-order valence-electron chi connectivity index (χ3n) is 4.09. The van der Waals surface area contributed by atoms with Crippen LogP contribution in [0.3, 0.4) is 0 Å². The quantitative estimate of drug-likeness (QED) is 0.842. The minimum absolute atomic E-state index is 0.0147. The zero-order chi connectivity index (χ0) is 16.1. The Balaban J connectivity index is 2.13. The Hall–Kier alpha value is -1.56. The second-order valence-electron chi connectivity index (χ2n) is 5.73. The summed E-state index contributed by atoms with van der Waals surface area (Å²) in [5.74, 6) is 0.801. The van der Waals surface area contributed by atoms with E-state index in [4.69, 9.17) is 16.7 Å². The van der Waals surface area contributed by atoms with Gasteiger partial charge in [-0.1, -0.05) is 13.3 Å². The predicted octanol–water partition coefficient (Wildman–Crippen LogP) is 3.05. The van der Waals surface area contributed by atoms with Crippen LogP contribution in [-0.2, 0) is 6.42 Å². The predicted molar refractivity (Wildman–Crippen MR) is 86.7 cm³/mol. The molecule has 0 unspecified atom stereocenters. The SMILES string of the molecule is CCCCc1cc(N2CCC[C@@H](N(C)C(=O)O)C2)nc(Cl)n1. The van der Waals surface area contributed by atoms with E-state index in [9.17, 15) is 4.79 Å². The molecule has 1 aromatic rings. The molecule has 22 heavy (non-hydrogen) atoms. The van der Waals surface area contributed by atoms with Crippen LogP contribution in [0.1, 0.15) is 38.3 Å². The Morgan fingerprint density at radius 2 is 2.32 bits per heavy atom. The van der Waals surface area contributed by atoms with Gasteiger partial charge in [0.25, 0.3) is 0 Å². The molecule has 0 aromatic carbocycles. The highest BCUT2D eigenvalue weighted by atomic mass is 35.5. The number of amides is 1. The second kappa shape index (κ2) is 7.63. The van der Waals surface area contributed by atoms with Gasteiger partial charge in [-0.25, -0.2) is 14.8 Å². The van der Waals surface area contributed by atoms with Crippen LogP contribution in [0.25, 0.3) is 0 Å². The van der Waals surface area contributed by atoms with Crippen LogP contribution < -0.4 is 4.90 Å². The molecule has 1 saturated heterocycles. The molecular formula is C15H23ClN4O2. The lowest BCUT2D eigenvalue weighted by atomic mass is 10.0. The molecule has 1 fully saturated rings. The molecule has 0 saturated carbocycles. The lowest BCUT2D eigenvalue weighted by molar-refractivity contribution is 0.133. The van der Waals surface area contributed by atoms with Gasteiger partial charge in [0.15, 0.2) is 0 Å². The van der Waals surface area contributed by atoms with Gasteiger partial charge in [-0.05, 0) is 37.3 Å². The first-order valence-corrected chi connectivity index (χ1v) is 8.13. The third-order valence-corrected chi connectivity index (χ3v) is 4.26. The first-order chi connectivity index (χ1) is 10.5. The Morgan fingerprint density at radius 3 is 3.00 bits per heavy atom. The number of carbonyl (C=O) groups is 1. The number of unbranched alkanes of at least 4 members (excludes halogenated alkanes) is 1. The molecule has 1 N–H and O–H groups in total. The van der Waals surface area contributed by atoms with Gasteiger partial charge < -0.3 is 14.9 Å². The van der Waals surface area contributed by atoms with Gasteiger partial charge in [-0.15, -0.1) is 0 Å². The summed E-state index contributed by atoms with van der Waals surface area (Å²) in [7, 11) is 1.62. The summed E-state index contributed by atoms with van der Waals surface area (Å²) in [6.07, 6.45) is 3.98. The molecule has 1 atom stereocenters. The summed E-state index contributed by atoms with van der Waals surface area (Å²) >= 11 is 6.04. The molecule has 7 heteroatoms. The third kappa shape index (κ3) is 4.22. The van der Waals surface area contributed by atoms with Crippen molar-refractivity contribution in [2.24, 2.45) is 0 Å². The maximum atomic E-state index is 11.1. The Morgan fingerprint density at radius 1 is 1.55 bits per heavy atom. The fourth-order valence-corrected chi connectivity index (χ4v) is 2.93. The molecule has 6 nitrogen and oxygen atoms in total. The number of aryl methyl sites for hydroxylation is 1. The molecule has 122 valence electrons. The summed E-state index contributed by atoms with van der Waals surface area (Å²) in [5.41, 5.74) is 0.950. The van der Waals surface area contributed by atoms with E-state index in [1.54, 1.807) is 7.05 Å². The minimum Gasteiger partial charge on any atom is -0.465 e. The highest BCUT2D eigenvalue weighted by Crippen LogP contribution is 2.23. The van der Waals surface area contributed by atoms with E-state index in [2.05, 4.69) is 21.8 Å². The Bertz CT molecular complexity index is 526. The average molecular weight is 327 g/mol. The average Bonchev–Trinajstić information content (AvgIpc) is 2.51. The normalized spacial score (nSPS) is 18.3. The van der Waals surface area contributed by atoms with E-state index in [1.165, 1.54) is 4.90 Å². The maximum absolute atomic E-state index is 11.1. The van der Waals surface area contributed by atoms with Crippen LogP contribution in [0.15, 0.2) is 6.07 Å². The van der Waals surface area contributed by atoms with Crippen LogP contribution in [0.5, 0.6) is 0 Å². The van der Waals surface area contributed by atoms with Gasteiger partial charge in [-0.2, -0.15) is 0 Å². The molecule has 2 rings (SSSR count). The van der Waals surface area contributed by atoms with Crippen LogP contribution in [0.2, 0.25) is 5.28 Å². The topological polar surface area (TPSA) is 69.6 Å². The minimum atomic E-state index is -0.892. The van der Waals surface area contributed by atoms with E-state index in [-0.39, 0.29) is 11.3 Å². The molecule has 1 aliphatic heterocycles. The van der Waals surface area contributed by atoms with Crippen molar-refractivity contribution in [1.29, 1.82) is 0 Å². The van der Waals surface area contributed by atoms with Crippen molar-refractivity contribution in [3.63, 3.8) is 0 Å². The van der Waals surface area contributed by atoms with Gasteiger partial charge in [0.2, 0.25) is 5.28 Å². The van der Waals surface area contributed by atoms with Gasteiger partial charge in [0, 0.05) is 31.9 Å². The van der Waals surface area contributed by atoms with Gasteiger partial charge in [-0.3, -0.25) is 0 Å². The van der Waals surface area contributed by atoms with Crippen LogP contribution in [0.4, 0.5) is 10.6 Å². The van der Waals surface area contributed by atoms with E-state index < -0.39 is 6.09 Å². The van der Waals surface area contributed by atoms with Crippen LogP contribution >= 0.6 is 11.6 Å². The number of likely N-dealkylation sites (N-methyl/N-ethyl adjacent to an activating group) is 1. The fraction of sp³-hybridized carbons (Fsp3) is 0.667. The molecule has 0 bridgehead atoms. The zero-order valence-electron chi connectivity index (χ0n) is 13.1. The summed E-state index contributed by atoms with van der Waals surface area (Å²) in [6.45, 7) is 3.65. The van der Waals surface area contributed by atoms with Crippen molar-refractivity contribution >= 4 is 23.5 Å². The lowest BCUT2D eigenvalue weighted by Gasteiger charge is -2.37. The van der Waals surface area contributed by atoms with E-state index >= 15 is 0 Å². The smallest absolute Gasteiger partial charge is 0.407 e. The van der Waals surface area contributed by atoms with E-state index in [1.807, 2.05) is 6.07 Å². The van der Waals surface area contributed by atoms with Crippen molar-refractivity contribution < 1.29 is 9.90 Å². The summed E-state index contributed by atoms with van der Waals surface area (Å²) in [6, 6.07) is 1.96. The molecule has 1 aliphatic rings. The summed E-state index contributed by atoms with van der Waals surface area (Å²) < 4.78 is 0. The number of piperidine rings is 1. The molecule has 0 spiro atoms. The summed E-state index contributed by atoms with van der Waals surface area (Å²) in [4.78, 5) is 23.2. The number of nitrogens with zero attached hydrogens (tertiary/aromatic N) is 4.